The summed E-state index contributed by atoms with van der Waals surface area (Å²) in [5.41, 5.74) is 2.07. The molecule has 0 fully saturated rings. The van der Waals surface area contributed by atoms with E-state index in [1.54, 1.807) is 0 Å². The average Bonchev–Trinajstić information content (AvgIpc) is 2.88. The molecule has 0 spiro atoms. The molecule has 5 nitrogen and oxygen atoms in total. The molecule has 0 aliphatic heterocycles. The number of benzene rings is 3. The van der Waals surface area contributed by atoms with Crippen molar-refractivity contribution in [2.24, 2.45) is 0 Å². The summed E-state index contributed by atoms with van der Waals surface area (Å²) in [4.78, 5) is 12.7. The van der Waals surface area contributed by atoms with Gasteiger partial charge in [-0.1, -0.05) is 112 Å². The van der Waals surface area contributed by atoms with Crippen molar-refractivity contribution in [1.29, 1.82) is 0 Å². The highest BCUT2D eigenvalue weighted by Gasteiger charge is 2.41. The number of alkyl carbamates (subject to hydrolysis) is 1. The van der Waals surface area contributed by atoms with Gasteiger partial charge in [-0.05, 0) is 55.6 Å². The number of rotatable bonds is 10. The fourth-order valence-electron chi connectivity index (χ4n) is 4.32. The van der Waals surface area contributed by atoms with Crippen LogP contribution in [-0.2, 0) is 14.7 Å². The largest absolute Gasteiger partial charge is 0.444 e. The maximum absolute atomic E-state index is 12.7. The molecule has 0 bridgehead atoms. The number of ether oxygens (including phenoxy) is 1. The van der Waals surface area contributed by atoms with Gasteiger partial charge in [0.1, 0.15) is 5.60 Å². The highest BCUT2D eigenvalue weighted by Crippen LogP contribution is 2.39. The number of nitrogens with one attached hydrogen (secondary N) is 2. The second-order valence-electron chi connectivity index (χ2n) is 12.6. The van der Waals surface area contributed by atoms with E-state index in [0.29, 0.717) is 13.2 Å². The first-order valence-corrected chi connectivity index (χ1v) is 16.7. The van der Waals surface area contributed by atoms with Crippen LogP contribution in [0.3, 0.4) is 0 Å². The Hall–Kier alpha value is -2.93. The van der Waals surface area contributed by atoms with Gasteiger partial charge in [-0.2, -0.15) is 0 Å². The van der Waals surface area contributed by atoms with Crippen LogP contribution in [0.1, 0.15) is 58.2 Å². The Balaban J connectivity index is 2.09. The minimum Gasteiger partial charge on any atom is -0.444 e. The molecule has 0 saturated heterocycles. The second-order valence-corrected chi connectivity index (χ2v) is 17.5. The molecule has 1 atom stereocenters. The van der Waals surface area contributed by atoms with Crippen molar-refractivity contribution in [2.75, 3.05) is 13.2 Å². The molecule has 2 N–H and O–H groups in total. The second kappa shape index (κ2) is 12.5. The quantitative estimate of drug-likeness (QED) is 0.204. The van der Waals surface area contributed by atoms with Crippen molar-refractivity contribution >= 4 is 14.4 Å². The van der Waals surface area contributed by atoms with Gasteiger partial charge in [0.2, 0.25) is 0 Å². The van der Waals surface area contributed by atoms with E-state index in [-0.39, 0.29) is 11.1 Å². The van der Waals surface area contributed by atoms with Gasteiger partial charge in [0.15, 0.2) is 8.32 Å². The number of hydrogen-bond acceptors (Lipinski definition) is 4. The molecule has 3 aromatic rings. The monoisotopic (exact) mass is 546 g/mol. The van der Waals surface area contributed by atoms with Gasteiger partial charge in [0, 0.05) is 12.6 Å². The van der Waals surface area contributed by atoms with Crippen LogP contribution in [0.5, 0.6) is 0 Å². The van der Waals surface area contributed by atoms with Crippen LogP contribution in [0.25, 0.3) is 0 Å². The van der Waals surface area contributed by atoms with E-state index in [2.05, 4.69) is 117 Å². The van der Waals surface area contributed by atoms with Crippen LogP contribution in [0, 0.1) is 0 Å². The number of amides is 1. The Bertz CT molecular complexity index is 1070. The van der Waals surface area contributed by atoms with E-state index >= 15 is 0 Å². The van der Waals surface area contributed by atoms with E-state index in [1.165, 1.54) is 0 Å². The van der Waals surface area contributed by atoms with Gasteiger partial charge >= 0.3 is 6.09 Å². The summed E-state index contributed by atoms with van der Waals surface area (Å²) in [6.45, 7) is 17.6. The van der Waals surface area contributed by atoms with Gasteiger partial charge < -0.3 is 14.5 Å². The smallest absolute Gasteiger partial charge is 0.407 e. The molecule has 0 unspecified atom stereocenters. The fraction of sp³-hybridized carbons (Fsp3) is 0.424. The number of hydrogen-bond donors (Lipinski definition) is 2. The molecule has 39 heavy (non-hydrogen) atoms. The zero-order valence-electron chi connectivity index (χ0n) is 24.9. The third-order valence-electron chi connectivity index (χ3n) is 7.38. The van der Waals surface area contributed by atoms with Crippen LogP contribution >= 0.6 is 0 Å². The highest BCUT2D eigenvalue weighted by molar-refractivity contribution is 6.74. The maximum Gasteiger partial charge on any atom is 0.407 e. The summed E-state index contributed by atoms with van der Waals surface area (Å²) in [7, 11) is -2.06. The van der Waals surface area contributed by atoms with E-state index < -0.39 is 25.6 Å². The molecule has 0 aliphatic rings. The highest BCUT2D eigenvalue weighted by atomic mass is 28.4. The van der Waals surface area contributed by atoms with Crippen molar-refractivity contribution in [1.82, 2.24) is 10.6 Å². The third kappa shape index (κ3) is 8.04. The standard InChI is InChI=1S/C33H46N2O3Si/c1-31(2,3)38-30(36)34-24-29(25-37-39(7,8)32(4,5)6)35-33(26-18-12-9-13-19-26,27-20-14-10-15-21-27)28-22-16-11-17-23-28/h9-23,29,35H,24-25H2,1-8H3,(H,34,36)/t29-/m0/s1. The van der Waals surface area contributed by atoms with Crippen LogP contribution in [0.15, 0.2) is 91.0 Å². The molecule has 0 aliphatic carbocycles. The first-order valence-electron chi connectivity index (χ1n) is 13.8. The Morgan fingerprint density at radius 1 is 0.744 bits per heavy atom. The molecule has 0 heterocycles. The lowest BCUT2D eigenvalue weighted by Gasteiger charge is -2.42. The lowest BCUT2D eigenvalue weighted by Crippen LogP contribution is -2.56. The van der Waals surface area contributed by atoms with Gasteiger partial charge in [0.05, 0.1) is 12.1 Å². The molecule has 0 saturated carbocycles. The number of carbonyl (C=O) groups is 1. The average molecular weight is 547 g/mol. The first kappa shape index (κ1) is 30.6. The van der Waals surface area contributed by atoms with Crippen LogP contribution in [-0.4, -0.2) is 39.2 Å². The van der Waals surface area contributed by atoms with Crippen molar-refractivity contribution in [3.63, 3.8) is 0 Å². The summed E-state index contributed by atoms with van der Waals surface area (Å²) in [6.07, 6.45) is -0.439. The van der Waals surface area contributed by atoms with E-state index in [4.69, 9.17) is 9.16 Å². The molecule has 6 heteroatoms. The minimum atomic E-state index is -2.06. The minimum absolute atomic E-state index is 0.0610. The molecule has 3 aromatic carbocycles. The summed E-state index contributed by atoms with van der Waals surface area (Å²) in [5, 5.41) is 7.05. The summed E-state index contributed by atoms with van der Waals surface area (Å²) in [6, 6.07) is 31.2. The fourth-order valence-corrected chi connectivity index (χ4v) is 5.37. The normalized spacial score (nSPS) is 13.5. The topological polar surface area (TPSA) is 59.6 Å². The SMILES string of the molecule is CC(C)(C)OC(=O)NC[C@@H](CO[Si](C)(C)C(C)(C)C)NC(c1ccccc1)(c1ccccc1)c1ccccc1. The lowest BCUT2D eigenvalue weighted by molar-refractivity contribution is 0.0516. The summed E-state index contributed by atoms with van der Waals surface area (Å²) >= 11 is 0. The molecule has 0 aromatic heterocycles. The zero-order valence-corrected chi connectivity index (χ0v) is 25.9. The predicted molar refractivity (Wildman–Crippen MR) is 164 cm³/mol. The molecular weight excluding hydrogens is 500 g/mol. The Labute approximate surface area is 236 Å². The molecule has 3 rings (SSSR count). The van der Waals surface area contributed by atoms with Crippen molar-refractivity contribution in [2.45, 2.75) is 76.9 Å². The van der Waals surface area contributed by atoms with Crippen molar-refractivity contribution < 1.29 is 14.0 Å². The number of carbonyl (C=O) groups excluding carboxylic acids is 1. The lowest BCUT2D eigenvalue weighted by atomic mass is 9.76. The van der Waals surface area contributed by atoms with Gasteiger partial charge in [-0.3, -0.25) is 5.32 Å². The van der Waals surface area contributed by atoms with Crippen molar-refractivity contribution in [3.05, 3.63) is 108 Å². The molecule has 210 valence electrons. The molecular formula is C33H46N2O3Si. The predicted octanol–water partition coefficient (Wildman–Crippen LogP) is 7.48. The van der Waals surface area contributed by atoms with Crippen LogP contribution < -0.4 is 10.6 Å². The van der Waals surface area contributed by atoms with E-state index in [0.717, 1.165) is 16.7 Å². The van der Waals surface area contributed by atoms with Crippen molar-refractivity contribution in [3.8, 4) is 0 Å². The first-order chi connectivity index (χ1) is 18.2. The maximum atomic E-state index is 12.7. The van der Waals surface area contributed by atoms with Crippen LogP contribution in [0.2, 0.25) is 18.1 Å². The van der Waals surface area contributed by atoms with E-state index in [9.17, 15) is 4.79 Å². The van der Waals surface area contributed by atoms with Crippen LogP contribution in [0.4, 0.5) is 4.79 Å². The Kier molecular flexibility index (Phi) is 9.81. The summed E-state index contributed by atoms with van der Waals surface area (Å²) < 4.78 is 12.3. The van der Waals surface area contributed by atoms with Gasteiger partial charge in [0.25, 0.3) is 0 Å². The van der Waals surface area contributed by atoms with Gasteiger partial charge in [-0.25, -0.2) is 4.79 Å². The summed E-state index contributed by atoms with van der Waals surface area (Å²) in [5.74, 6) is 0. The molecule has 1 amide bonds. The van der Waals surface area contributed by atoms with E-state index in [1.807, 2.05) is 39.0 Å². The Morgan fingerprint density at radius 2 is 1.15 bits per heavy atom. The molecule has 0 radical (unpaired) electrons. The Morgan fingerprint density at radius 3 is 1.51 bits per heavy atom. The zero-order chi connectivity index (χ0) is 28.7. The van der Waals surface area contributed by atoms with Gasteiger partial charge in [-0.15, -0.1) is 0 Å². The third-order valence-corrected chi connectivity index (χ3v) is 11.9.